The standard InChI is InChI=1S/C20H26N4O2/c1-20(2,3)15-6-8-16(9-7-15)23-19(25)24-12-4-5-17(13-24)26-18-10-11-21-14-22-18/h6-11,14,17H,4-5,12-13H2,1-3H3,(H,23,25). The van der Waals surface area contributed by atoms with Crippen LogP contribution in [0, 0.1) is 0 Å². The molecule has 0 bridgehead atoms. The smallest absolute Gasteiger partial charge is 0.321 e. The van der Waals surface area contributed by atoms with Crippen molar-refractivity contribution in [2.75, 3.05) is 18.4 Å². The number of anilines is 1. The number of rotatable bonds is 3. The topological polar surface area (TPSA) is 67.4 Å². The molecule has 6 nitrogen and oxygen atoms in total. The first-order valence-corrected chi connectivity index (χ1v) is 9.01. The summed E-state index contributed by atoms with van der Waals surface area (Å²) in [5, 5.41) is 2.98. The number of nitrogens with one attached hydrogen (secondary N) is 1. The number of carbonyl (C=O) groups excluding carboxylic acids is 1. The summed E-state index contributed by atoms with van der Waals surface area (Å²) in [5.41, 5.74) is 2.15. The van der Waals surface area contributed by atoms with Crippen molar-refractivity contribution < 1.29 is 9.53 Å². The van der Waals surface area contributed by atoms with Gasteiger partial charge in [-0.2, -0.15) is 0 Å². The highest BCUT2D eigenvalue weighted by atomic mass is 16.5. The molecule has 1 aliphatic rings. The number of aromatic nitrogens is 2. The van der Waals surface area contributed by atoms with E-state index in [0.29, 0.717) is 12.4 Å². The number of amides is 2. The highest BCUT2D eigenvalue weighted by molar-refractivity contribution is 5.89. The van der Waals surface area contributed by atoms with Crippen LogP contribution >= 0.6 is 0 Å². The first-order chi connectivity index (χ1) is 12.4. The first-order valence-electron chi connectivity index (χ1n) is 9.01. The minimum atomic E-state index is -0.0931. The Kier molecular flexibility index (Phi) is 5.40. The molecular weight excluding hydrogens is 328 g/mol. The number of urea groups is 1. The first kappa shape index (κ1) is 18.2. The lowest BCUT2D eigenvalue weighted by Gasteiger charge is -2.32. The summed E-state index contributed by atoms with van der Waals surface area (Å²) in [6.07, 6.45) is 4.88. The summed E-state index contributed by atoms with van der Waals surface area (Å²) < 4.78 is 5.87. The van der Waals surface area contributed by atoms with E-state index in [1.165, 1.54) is 11.9 Å². The maximum atomic E-state index is 12.6. The van der Waals surface area contributed by atoms with E-state index in [4.69, 9.17) is 4.74 Å². The van der Waals surface area contributed by atoms with Crippen LogP contribution in [0.25, 0.3) is 0 Å². The SMILES string of the molecule is CC(C)(C)c1ccc(NC(=O)N2CCCC(Oc3ccncn3)C2)cc1. The van der Waals surface area contributed by atoms with Crippen molar-refractivity contribution in [3.63, 3.8) is 0 Å². The molecule has 1 aromatic heterocycles. The molecule has 1 aliphatic heterocycles. The van der Waals surface area contributed by atoms with E-state index in [9.17, 15) is 4.79 Å². The van der Waals surface area contributed by atoms with Gasteiger partial charge >= 0.3 is 6.03 Å². The average molecular weight is 354 g/mol. The molecule has 1 fully saturated rings. The van der Waals surface area contributed by atoms with Crippen molar-refractivity contribution >= 4 is 11.7 Å². The van der Waals surface area contributed by atoms with Gasteiger partial charge in [-0.15, -0.1) is 0 Å². The minimum absolute atomic E-state index is 0.0485. The lowest BCUT2D eigenvalue weighted by atomic mass is 9.87. The van der Waals surface area contributed by atoms with Crippen LogP contribution in [0.2, 0.25) is 0 Å². The molecular formula is C20H26N4O2. The zero-order valence-electron chi connectivity index (χ0n) is 15.6. The molecule has 2 amide bonds. The number of likely N-dealkylation sites (tertiary alicyclic amines) is 1. The largest absolute Gasteiger partial charge is 0.472 e. The molecule has 1 N–H and O–H groups in total. The Morgan fingerprint density at radius 1 is 1.23 bits per heavy atom. The number of piperidine rings is 1. The van der Waals surface area contributed by atoms with Gasteiger partial charge in [-0.05, 0) is 36.0 Å². The Morgan fingerprint density at radius 2 is 2.00 bits per heavy atom. The number of hydrogen-bond acceptors (Lipinski definition) is 4. The van der Waals surface area contributed by atoms with Gasteiger partial charge in [0.25, 0.3) is 0 Å². The Hall–Kier alpha value is -2.63. The second-order valence-corrected chi connectivity index (χ2v) is 7.63. The van der Waals surface area contributed by atoms with Crippen LogP contribution in [0.5, 0.6) is 5.88 Å². The average Bonchev–Trinajstić information content (AvgIpc) is 2.62. The molecule has 2 heterocycles. The van der Waals surface area contributed by atoms with Gasteiger partial charge in [0.2, 0.25) is 5.88 Å². The lowest BCUT2D eigenvalue weighted by Crippen LogP contribution is -2.46. The van der Waals surface area contributed by atoms with E-state index in [1.54, 1.807) is 17.2 Å². The van der Waals surface area contributed by atoms with Crippen molar-refractivity contribution in [1.82, 2.24) is 14.9 Å². The van der Waals surface area contributed by atoms with Crippen molar-refractivity contribution in [2.45, 2.75) is 45.1 Å². The minimum Gasteiger partial charge on any atom is -0.472 e. The van der Waals surface area contributed by atoms with E-state index in [1.807, 2.05) is 12.1 Å². The van der Waals surface area contributed by atoms with Crippen LogP contribution in [-0.4, -0.2) is 40.1 Å². The summed E-state index contributed by atoms with van der Waals surface area (Å²) in [4.78, 5) is 22.3. The predicted octanol–water partition coefficient (Wildman–Crippen LogP) is 3.85. The second-order valence-electron chi connectivity index (χ2n) is 7.63. The quantitative estimate of drug-likeness (QED) is 0.909. The van der Waals surface area contributed by atoms with Crippen LogP contribution in [0.3, 0.4) is 0 Å². The molecule has 0 saturated carbocycles. The highest BCUT2D eigenvalue weighted by Crippen LogP contribution is 2.24. The summed E-state index contributed by atoms with van der Waals surface area (Å²) >= 11 is 0. The summed E-state index contributed by atoms with van der Waals surface area (Å²) in [7, 11) is 0. The molecule has 0 aliphatic carbocycles. The van der Waals surface area contributed by atoms with Crippen LogP contribution in [-0.2, 0) is 5.41 Å². The van der Waals surface area contributed by atoms with Crippen molar-refractivity contribution in [1.29, 1.82) is 0 Å². The molecule has 1 saturated heterocycles. The molecule has 0 spiro atoms. The number of hydrogen-bond donors (Lipinski definition) is 1. The summed E-state index contributed by atoms with van der Waals surface area (Å²) in [6, 6.07) is 9.67. The maximum absolute atomic E-state index is 12.6. The lowest BCUT2D eigenvalue weighted by molar-refractivity contribution is 0.102. The van der Waals surface area contributed by atoms with Gasteiger partial charge in [-0.25, -0.2) is 14.8 Å². The molecule has 1 unspecified atom stereocenters. The zero-order chi connectivity index (χ0) is 18.6. The van der Waals surface area contributed by atoms with Gasteiger partial charge in [0.05, 0.1) is 6.54 Å². The normalized spacial score (nSPS) is 17.7. The fourth-order valence-corrected chi connectivity index (χ4v) is 2.99. The molecule has 1 atom stereocenters. The maximum Gasteiger partial charge on any atom is 0.321 e. The van der Waals surface area contributed by atoms with E-state index in [2.05, 4.69) is 48.2 Å². The van der Waals surface area contributed by atoms with Crippen LogP contribution in [0.15, 0.2) is 42.9 Å². The van der Waals surface area contributed by atoms with Gasteiger partial charge in [0.15, 0.2) is 0 Å². The summed E-state index contributed by atoms with van der Waals surface area (Å²) in [5.74, 6) is 0.546. The fourth-order valence-electron chi connectivity index (χ4n) is 2.99. The second kappa shape index (κ2) is 7.72. The monoisotopic (exact) mass is 354 g/mol. The number of ether oxygens (including phenoxy) is 1. The van der Waals surface area contributed by atoms with Gasteiger partial charge in [-0.1, -0.05) is 32.9 Å². The van der Waals surface area contributed by atoms with E-state index >= 15 is 0 Å². The van der Waals surface area contributed by atoms with Gasteiger partial charge < -0.3 is 15.0 Å². The van der Waals surface area contributed by atoms with Crippen LogP contribution < -0.4 is 10.1 Å². The van der Waals surface area contributed by atoms with Crippen molar-refractivity contribution in [3.05, 3.63) is 48.4 Å². The van der Waals surface area contributed by atoms with E-state index < -0.39 is 0 Å². The predicted molar refractivity (Wildman–Crippen MR) is 101 cm³/mol. The van der Waals surface area contributed by atoms with Crippen molar-refractivity contribution in [3.8, 4) is 5.88 Å². The number of nitrogens with zero attached hydrogens (tertiary/aromatic N) is 3. The Labute approximate surface area is 154 Å². The molecule has 1 aromatic carbocycles. The molecule has 6 heteroatoms. The molecule has 2 aromatic rings. The van der Waals surface area contributed by atoms with Gasteiger partial charge in [0.1, 0.15) is 12.4 Å². The van der Waals surface area contributed by atoms with Crippen molar-refractivity contribution in [2.24, 2.45) is 0 Å². The third kappa shape index (κ3) is 4.71. The van der Waals surface area contributed by atoms with E-state index in [-0.39, 0.29) is 17.6 Å². The third-order valence-corrected chi connectivity index (χ3v) is 4.51. The van der Waals surface area contributed by atoms with Gasteiger partial charge in [-0.3, -0.25) is 0 Å². The summed E-state index contributed by atoms with van der Waals surface area (Å²) in [6.45, 7) is 7.80. The highest BCUT2D eigenvalue weighted by Gasteiger charge is 2.25. The molecule has 26 heavy (non-hydrogen) atoms. The Morgan fingerprint density at radius 3 is 2.65 bits per heavy atom. The Bertz CT molecular complexity index is 726. The molecule has 3 rings (SSSR count). The van der Waals surface area contributed by atoms with Crippen LogP contribution in [0.4, 0.5) is 10.5 Å². The third-order valence-electron chi connectivity index (χ3n) is 4.51. The van der Waals surface area contributed by atoms with E-state index in [0.717, 1.165) is 25.1 Å². The zero-order valence-corrected chi connectivity index (χ0v) is 15.6. The molecule has 0 radical (unpaired) electrons. The van der Waals surface area contributed by atoms with Crippen LogP contribution in [0.1, 0.15) is 39.2 Å². The molecule has 138 valence electrons. The van der Waals surface area contributed by atoms with Gasteiger partial charge in [0, 0.05) is 24.5 Å². The Balaban J connectivity index is 1.57. The fraction of sp³-hybridized carbons (Fsp3) is 0.450. The number of benzene rings is 1. The number of carbonyl (C=O) groups is 1.